The van der Waals surface area contributed by atoms with E-state index in [2.05, 4.69) is 10.6 Å². The highest BCUT2D eigenvalue weighted by molar-refractivity contribution is 5.73. The molecule has 1 rings (SSSR count). The van der Waals surface area contributed by atoms with Crippen molar-refractivity contribution in [3.05, 3.63) is 29.3 Å². The Balaban J connectivity index is 2.26. The van der Waals surface area contributed by atoms with Crippen LogP contribution in [-0.2, 0) is 0 Å². The zero-order valence-electron chi connectivity index (χ0n) is 14.0. The van der Waals surface area contributed by atoms with Gasteiger partial charge in [-0.25, -0.2) is 4.79 Å². The van der Waals surface area contributed by atoms with Crippen molar-refractivity contribution in [2.24, 2.45) is 5.41 Å². The molecule has 0 atom stereocenters. The van der Waals surface area contributed by atoms with E-state index in [1.54, 1.807) is 0 Å². The molecule has 0 heterocycles. The number of ether oxygens (including phenoxy) is 1. The maximum Gasteiger partial charge on any atom is 0.314 e. The number of amides is 2. The van der Waals surface area contributed by atoms with Crippen LogP contribution in [0.25, 0.3) is 0 Å². The van der Waals surface area contributed by atoms with Crippen LogP contribution in [-0.4, -0.2) is 37.4 Å². The van der Waals surface area contributed by atoms with Crippen LogP contribution in [0.1, 0.15) is 31.4 Å². The average Bonchev–Trinajstić information content (AvgIpc) is 2.44. The third-order valence-electron chi connectivity index (χ3n) is 3.56. The van der Waals surface area contributed by atoms with Gasteiger partial charge in [-0.1, -0.05) is 32.0 Å². The van der Waals surface area contributed by atoms with Gasteiger partial charge < -0.3 is 20.5 Å². The van der Waals surface area contributed by atoms with Gasteiger partial charge >= 0.3 is 6.03 Å². The molecule has 124 valence electrons. The van der Waals surface area contributed by atoms with Gasteiger partial charge in [0.25, 0.3) is 0 Å². The first-order valence-electron chi connectivity index (χ1n) is 7.67. The summed E-state index contributed by atoms with van der Waals surface area (Å²) in [5, 5.41) is 14.5. The predicted octanol–water partition coefficient (Wildman–Crippen LogP) is 2.39. The van der Waals surface area contributed by atoms with Crippen LogP contribution in [0.2, 0.25) is 0 Å². The van der Waals surface area contributed by atoms with Crippen LogP contribution in [0.3, 0.4) is 0 Å². The fraction of sp³-hybridized carbons (Fsp3) is 0.588. The average molecular weight is 308 g/mol. The van der Waals surface area contributed by atoms with Gasteiger partial charge in [-0.05, 0) is 36.8 Å². The van der Waals surface area contributed by atoms with E-state index in [1.165, 1.54) is 0 Å². The highest BCUT2D eigenvalue weighted by atomic mass is 16.5. The number of nitrogens with one attached hydrogen (secondary N) is 2. The van der Waals surface area contributed by atoms with Crippen molar-refractivity contribution >= 4 is 6.03 Å². The molecule has 1 aromatic rings. The molecule has 0 fully saturated rings. The van der Waals surface area contributed by atoms with Crippen molar-refractivity contribution < 1.29 is 14.6 Å². The summed E-state index contributed by atoms with van der Waals surface area (Å²) >= 11 is 0. The fourth-order valence-electron chi connectivity index (χ4n) is 2.12. The Morgan fingerprint density at radius 2 is 1.86 bits per heavy atom. The molecule has 0 aliphatic heterocycles. The summed E-state index contributed by atoms with van der Waals surface area (Å²) in [7, 11) is 0. The van der Waals surface area contributed by atoms with E-state index >= 15 is 0 Å². The third-order valence-corrected chi connectivity index (χ3v) is 3.56. The highest BCUT2D eigenvalue weighted by Crippen LogP contribution is 2.21. The molecule has 5 heteroatoms. The Hall–Kier alpha value is -1.75. The van der Waals surface area contributed by atoms with Gasteiger partial charge in [0.15, 0.2) is 0 Å². The minimum atomic E-state index is -0.212. The number of hydrogen-bond acceptors (Lipinski definition) is 3. The lowest BCUT2D eigenvalue weighted by molar-refractivity contribution is 0.200. The first-order valence-corrected chi connectivity index (χ1v) is 7.67. The van der Waals surface area contributed by atoms with Gasteiger partial charge in [0, 0.05) is 13.2 Å². The molecule has 0 spiro atoms. The quantitative estimate of drug-likeness (QED) is 0.646. The number of carbonyl (C=O) groups excluding carboxylic acids is 1. The highest BCUT2D eigenvalue weighted by Gasteiger charge is 2.17. The zero-order valence-corrected chi connectivity index (χ0v) is 14.0. The van der Waals surface area contributed by atoms with Gasteiger partial charge in [0.05, 0.1) is 6.54 Å². The zero-order chi connectivity index (χ0) is 16.6. The number of rotatable bonds is 8. The van der Waals surface area contributed by atoms with E-state index in [1.807, 2.05) is 45.9 Å². The Bertz CT molecular complexity index is 467. The van der Waals surface area contributed by atoms with Crippen molar-refractivity contribution in [2.75, 3.05) is 26.3 Å². The molecule has 0 saturated heterocycles. The van der Waals surface area contributed by atoms with Crippen LogP contribution >= 0.6 is 0 Å². The van der Waals surface area contributed by atoms with Crippen LogP contribution in [0, 0.1) is 19.3 Å². The number of benzene rings is 1. The van der Waals surface area contributed by atoms with Gasteiger partial charge in [0.1, 0.15) is 12.4 Å². The molecule has 1 aromatic carbocycles. The van der Waals surface area contributed by atoms with Gasteiger partial charge in [-0.15, -0.1) is 0 Å². The van der Waals surface area contributed by atoms with Gasteiger partial charge in [-0.3, -0.25) is 0 Å². The summed E-state index contributed by atoms with van der Waals surface area (Å²) in [5.74, 6) is 0.883. The smallest absolute Gasteiger partial charge is 0.314 e. The molecule has 0 aliphatic rings. The monoisotopic (exact) mass is 308 g/mol. The molecule has 0 bridgehead atoms. The lowest BCUT2D eigenvalue weighted by atomic mass is 9.90. The van der Waals surface area contributed by atoms with E-state index in [9.17, 15) is 4.79 Å². The van der Waals surface area contributed by atoms with Crippen molar-refractivity contribution in [3.63, 3.8) is 0 Å². The number of para-hydroxylation sites is 1. The largest absolute Gasteiger partial charge is 0.491 e. The van der Waals surface area contributed by atoms with E-state index in [0.29, 0.717) is 26.1 Å². The molecular weight excluding hydrogens is 280 g/mol. The SMILES string of the molecule is Cc1cccc(C)c1OCCNC(=O)NCC(C)(C)CCO. The second kappa shape index (κ2) is 8.63. The molecule has 0 aromatic heterocycles. The lowest BCUT2D eigenvalue weighted by Crippen LogP contribution is -2.42. The summed E-state index contributed by atoms with van der Waals surface area (Å²) in [6.45, 7) is 9.55. The van der Waals surface area contributed by atoms with Crippen LogP contribution in [0.15, 0.2) is 18.2 Å². The van der Waals surface area contributed by atoms with E-state index < -0.39 is 0 Å². The van der Waals surface area contributed by atoms with E-state index in [0.717, 1.165) is 16.9 Å². The van der Waals surface area contributed by atoms with Crippen LogP contribution < -0.4 is 15.4 Å². The minimum absolute atomic E-state index is 0.110. The number of urea groups is 1. The number of aryl methyl sites for hydroxylation is 2. The predicted molar refractivity (Wildman–Crippen MR) is 88.3 cm³/mol. The van der Waals surface area contributed by atoms with Gasteiger partial charge in [-0.2, -0.15) is 0 Å². The number of carbonyl (C=O) groups is 1. The summed E-state index contributed by atoms with van der Waals surface area (Å²) < 4.78 is 5.73. The van der Waals surface area contributed by atoms with Crippen LogP contribution in [0.5, 0.6) is 5.75 Å². The first-order chi connectivity index (χ1) is 10.4. The maximum absolute atomic E-state index is 11.7. The summed E-state index contributed by atoms with van der Waals surface area (Å²) in [6.07, 6.45) is 0.656. The molecule has 0 unspecified atom stereocenters. The fourth-order valence-corrected chi connectivity index (χ4v) is 2.12. The normalized spacial score (nSPS) is 11.1. The number of aliphatic hydroxyl groups excluding tert-OH is 1. The summed E-state index contributed by atoms with van der Waals surface area (Å²) in [6, 6.07) is 5.80. The van der Waals surface area contributed by atoms with Crippen molar-refractivity contribution in [3.8, 4) is 5.75 Å². The Kier molecular flexibility index (Phi) is 7.18. The standard InChI is InChI=1S/C17H28N2O3/c1-13-6-5-7-14(2)15(13)22-11-9-18-16(21)19-12-17(3,4)8-10-20/h5-7,20H,8-12H2,1-4H3,(H2,18,19,21). The first kappa shape index (κ1) is 18.3. The Labute approximate surface area is 133 Å². The lowest BCUT2D eigenvalue weighted by Gasteiger charge is -2.23. The summed E-state index contributed by atoms with van der Waals surface area (Å²) in [5.41, 5.74) is 2.08. The maximum atomic E-state index is 11.7. The van der Waals surface area contributed by atoms with Crippen molar-refractivity contribution in [1.82, 2.24) is 10.6 Å². The molecular formula is C17H28N2O3. The topological polar surface area (TPSA) is 70.6 Å². The molecule has 22 heavy (non-hydrogen) atoms. The minimum Gasteiger partial charge on any atom is -0.491 e. The second-order valence-electron chi connectivity index (χ2n) is 6.32. The Morgan fingerprint density at radius 3 is 2.45 bits per heavy atom. The number of hydrogen-bond donors (Lipinski definition) is 3. The molecule has 0 aliphatic carbocycles. The molecule has 0 saturated carbocycles. The molecule has 2 amide bonds. The molecule has 3 N–H and O–H groups in total. The second-order valence-corrected chi connectivity index (χ2v) is 6.32. The van der Waals surface area contributed by atoms with E-state index in [-0.39, 0.29) is 18.1 Å². The van der Waals surface area contributed by atoms with Gasteiger partial charge in [0.2, 0.25) is 0 Å². The third kappa shape index (κ3) is 6.35. The molecule has 5 nitrogen and oxygen atoms in total. The Morgan fingerprint density at radius 1 is 1.23 bits per heavy atom. The van der Waals surface area contributed by atoms with Crippen molar-refractivity contribution in [2.45, 2.75) is 34.1 Å². The van der Waals surface area contributed by atoms with Crippen molar-refractivity contribution in [1.29, 1.82) is 0 Å². The van der Waals surface area contributed by atoms with Crippen LogP contribution in [0.4, 0.5) is 4.79 Å². The van der Waals surface area contributed by atoms with E-state index in [4.69, 9.17) is 9.84 Å². The summed E-state index contributed by atoms with van der Waals surface area (Å²) in [4.78, 5) is 11.7. The molecule has 0 radical (unpaired) electrons. The number of aliphatic hydroxyl groups is 1.